The first-order valence-corrected chi connectivity index (χ1v) is 10.4. The Bertz CT molecular complexity index is 1060. The van der Waals surface area contributed by atoms with Gasteiger partial charge in [-0.3, -0.25) is 0 Å². The van der Waals surface area contributed by atoms with Gasteiger partial charge >= 0.3 is 0 Å². The molecule has 6 rings (SSSR count). The van der Waals surface area contributed by atoms with Gasteiger partial charge in [0.15, 0.2) is 0 Å². The highest BCUT2D eigenvalue weighted by Gasteiger charge is 2.37. The van der Waals surface area contributed by atoms with E-state index in [1.807, 2.05) is 0 Å². The molecule has 2 aromatic carbocycles. The third kappa shape index (κ3) is 1.76. The van der Waals surface area contributed by atoms with E-state index in [9.17, 15) is 0 Å². The lowest BCUT2D eigenvalue weighted by molar-refractivity contribution is 0.481. The molecule has 2 aromatic rings. The number of benzene rings is 2. The predicted octanol–water partition coefficient (Wildman–Crippen LogP) is 6.89. The molecule has 0 amide bonds. The molecule has 0 bridgehead atoms. The van der Waals surface area contributed by atoms with E-state index in [0.717, 1.165) is 0 Å². The third-order valence-electron chi connectivity index (χ3n) is 7.59. The number of allylic oxidation sites excluding steroid dienone is 5. The van der Waals surface area contributed by atoms with Crippen molar-refractivity contribution in [1.82, 2.24) is 0 Å². The Morgan fingerprint density at radius 3 is 2.69 bits per heavy atom. The van der Waals surface area contributed by atoms with E-state index in [1.165, 1.54) is 55.0 Å². The van der Waals surface area contributed by atoms with Crippen LogP contribution in [0, 0.1) is 12.8 Å². The van der Waals surface area contributed by atoms with E-state index < -0.39 is 0 Å². The van der Waals surface area contributed by atoms with E-state index in [1.54, 1.807) is 38.8 Å². The molecule has 0 heteroatoms. The lowest BCUT2D eigenvalue weighted by atomic mass is 9.63. The minimum absolute atomic E-state index is 0.670. The zero-order valence-corrected chi connectivity index (χ0v) is 15.9. The van der Waals surface area contributed by atoms with Crippen molar-refractivity contribution in [2.24, 2.45) is 5.92 Å². The Balaban J connectivity index is 1.77. The second-order valence-electron chi connectivity index (χ2n) is 8.69. The molecule has 0 N–H and O–H groups in total. The van der Waals surface area contributed by atoms with Crippen LogP contribution in [0.2, 0.25) is 0 Å². The lowest BCUT2D eigenvalue weighted by Gasteiger charge is -2.40. The van der Waals surface area contributed by atoms with Crippen LogP contribution in [0.15, 0.2) is 35.9 Å². The van der Waals surface area contributed by atoms with Gasteiger partial charge in [0.05, 0.1) is 0 Å². The van der Waals surface area contributed by atoms with Gasteiger partial charge in [-0.15, -0.1) is 0 Å². The Morgan fingerprint density at radius 1 is 0.923 bits per heavy atom. The van der Waals surface area contributed by atoms with E-state index in [2.05, 4.69) is 50.3 Å². The summed E-state index contributed by atoms with van der Waals surface area (Å²) in [6.07, 6.45) is 17.1. The number of aryl methyl sites for hydroxylation is 2. The second-order valence-corrected chi connectivity index (χ2v) is 8.69. The van der Waals surface area contributed by atoms with Crippen LogP contribution < -0.4 is 0 Å². The summed E-state index contributed by atoms with van der Waals surface area (Å²) >= 11 is 0. The Morgan fingerprint density at radius 2 is 1.77 bits per heavy atom. The van der Waals surface area contributed by atoms with Gasteiger partial charge < -0.3 is 0 Å². The van der Waals surface area contributed by atoms with E-state index in [-0.39, 0.29) is 0 Å². The highest BCUT2D eigenvalue weighted by Crippen LogP contribution is 2.54. The number of fused-ring (bicyclic) bond motifs is 3. The minimum atomic E-state index is 0.670. The highest BCUT2D eigenvalue weighted by molar-refractivity contribution is 6.00. The standard InChI is InChI=1S/C26H26/c1-15-17-7-3-5-9-21(17)23-14-12-20-16(2)18-8-4-6-10-22(18)24-13-11-19(15)25(23)26(20)24/h3-4,7-8,11,13,16,20H,5-6,9-10,12,14H2,1-2H3. The average Bonchev–Trinajstić information content (AvgIpc) is 2.70. The number of rotatable bonds is 0. The van der Waals surface area contributed by atoms with Crippen LogP contribution in [-0.2, 0) is 12.8 Å². The minimum Gasteiger partial charge on any atom is -0.0839 e. The molecule has 0 spiro atoms. The van der Waals surface area contributed by atoms with Crippen molar-refractivity contribution in [3.63, 3.8) is 0 Å². The van der Waals surface area contributed by atoms with Crippen molar-refractivity contribution in [3.8, 4) is 0 Å². The topological polar surface area (TPSA) is 0 Å². The van der Waals surface area contributed by atoms with Crippen LogP contribution in [0.1, 0.15) is 71.9 Å². The zero-order valence-electron chi connectivity index (χ0n) is 15.9. The number of hydrogen-bond acceptors (Lipinski definition) is 0. The van der Waals surface area contributed by atoms with Crippen molar-refractivity contribution in [2.45, 2.75) is 58.3 Å². The summed E-state index contributed by atoms with van der Waals surface area (Å²) in [7, 11) is 0. The molecule has 0 saturated carbocycles. The highest BCUT2D eigenvalue weighted by atomic mass is 14.4. The quantitative estimate of drug-likeness (QED) is 0.490. The Kier molecular flexibility index (Phi) is 3.02. The summed E-state index contributed by atoms with van der Waals surface area (Å²) in [4.78, 5) is 0. The third-order valence-corrected chi connectivity index (χ3v) is 7.59. The molecule has 0 saturated heterocycles. The zero-order chi connectivity index (χ0) is 17.4. The molecular formula is C26H26. The smallest absolute Gasteiger partial charge is 0.00802 e. The molecule has 0 fully saturated rings. The van der Waals surface area contributed by atoms with Crippen molar-refractivity contribution >= 4 is 22.4 Å². The molecule has 130 valence electrons. The summed E-state index contributed by atoms with van der Waals surface area (Å²) in [5.41, 5.74) is 13.0. The fourth-order valence-corrected chi connectivity index (χ4v) is 6.37. The average molecular weight is 338 g/mol. The molecule has 0 heterocycles. The largest absolute Gasteiger partial charge is 0.0839 e. The molecule has 4 aliphatic carbocycles. The van der Waals surface area contributed by atoms with Crippen LogP contribution >= 0.6 is 0 Å². The summed E-state index contributed by atoms with van der Waals surface area (Å²) in [6, 6.07) is 4.91. The summed E-state index contributed by atoms with van der Waals surface area (Å²) in [5.74, 6) is 1.38. The fourth-order valence-electron chi connectivity index (χ4n) is 6.37. The molecule has 2 atom stereocenters. The maximum absolute atomic E-state index is 2.48. The van der Waals surface area contributed by atoms with E-state index >= 15 is 0 Å². The molecule has 4 aliphatic rings. The van der Waals surface area contributed by atoms with Crippen molar-refractivity contribution in [3.05, 3.63) is 69.3 Å². The van der Waals surface area contributed by atoms with Crippen molar-refractivity contribution in [1.29, 1.82) is 0 Å². The summed E-state index contributed by atoms with van der Waals surface area (Å²) in [6.45, 7) is 4.83. The van der Waals surface area contributed by atoms with Crippen LogP contribution in [0.3, 0.4) is 0 Å². The van der Waals surface area contributed by atoms with Gasteiger partial charge in [-0.1, -0.05) is 43.4 Å². The van der Waals surface area contributed by atoms with Crippen LogP contribution in [0.5, 0.6) is 0 Å². The molecule has 0 radical (unpaired) electrons. The van der Waals surface area contributed by atoms with Gasteiger partial charge in [-0.05, 0) is 113 Å². The molecule has 0 aliphatic heterocycles. The second kappa shape index (κ2) is 5.22. The number of hydrogen-bond donors (Lipinski definition) is 0. The normalized spacial score (nSPS) is 25.5. The molecule has 2 unspecified atom stereocenters. The first kappa shape index (κ1) is 15.0. The Labute approximate surface area is 156 Å². The van der Waals surface area contributed by atoms with Crippen LogP contribution in [0.25, 0.3) is 22.4 Å². The van der Waals surface area contributed by atoms with Crippen LogP contribution in [0.4, 0.5) is 0 Å². The van der Waals surface area contributed by atoms with Gasteiger partial charge in [0.25, 0.3) is 0 Å². The van der Waals surface area contributed by atoms with Gasteiger partial charge in [0.2, 0.25) is 0 Å². The maximum atomic E-state index is 2.48. The monoisotopic (exact) mass is 338 g/mol. The van der Waals surface area contributed by atoms with Gasteiger partial charge in [0.1, 0.15) is 0 Å². The molecule has 0 nitrogen and oxygen atoms in total. The maximum Gasteiger partial charge on any atom is -0.00802 e. The first-order chi connectivity index (χ1) is 12.8. The van der Waals surface area contributed by atoms with E-state index in [0.29, 0.717) is 11.8 Å². The predicted molar refractivity (Wildman–Crippen MR) is 112 cm³/mol. The summed E-state index contributed by atoms with van der Waals surface area (Å²) < 4.78 is 0. The summed E-state index contributed by atoms with van der Waals surface area (Å²) in [5, 5.41) is 3.18. The molecule has 0 aromatic heterocycles. The Hall–Kier alpha value is -2.08. The van der Waals surface area contributed by atoms with E-state index in [4.69, 9.17) is 0 Å². The van der Waals surface area contributed by atoms with Crippen molar-refractivity contribution in [2.75, 3.05) is 0 Å². The van der Waals surface area contributed by atoms with Crippen molar-refractivity contribution < 1.29 is 0 Å². The van der Waals surface area contributed by atoms with Gasteiger partial charge in [-0.2, -0.15) is 0 Å². The van der Waals surface area contributed by atoms with Gasteiger partial charge in [0, 0.05) is 0 Å². The fraction of sp³-hybridized carbons (Fsp3) is 0.385. The SMILES string of the molecule is Cc1c2c(c3c4c5c(ccc14)C1=C(C=CCC1)C(C)C5CC3)CCC=C2. The van der Waals surface area contributed by atoms with Gasteiger partial charge in [-0.25, -0.2) is 0 Å². The first-order valence-electron chi connectivity index (χ1n) is 10.4. The van der Waals surface area contributed by atoms with Crippen LogP contribution in [-0.4, -0.2) is 0 Å². The lowest BCUT2D eigenvalue weighted by Crippen LogP contribution is -2.25. The molecule has 26 heavy (non-hydrogen) atoms. The molecular weight excluding hydrogens is 312 g/mol.